The molecule has 13 atom stereocenters. The Morgan fingerprint density at radius 3 is 2.61 bits per heavy atom. The summed E-state index contributed by atoms with van der Waals surface area (Å²) in [4.78, 5) is 25.9. The molecule has 0 amide bonds. The summed E-state index contributed by atoms with van der Waals surface area (Å²) in [6.07, 6.45) is -3.95. The van der Waals surface area contributed by atoms with Gasteiger partial charge in [0, 0.05) is 11.8 Å². The molecule has 198 valence electrons. The van der Waals surface area contributed by atoms with Crippen LogP contribution in [-0.2, 0) is 23.8 Å². The molecule has 6 N–H and O–H groups in total. The lowest BCUT2D eigenvalue weighted by molar-refractivity contribution is -0.325. The summed E-state index contributed by atoms with van der Waals surface area (Å²) < 4.78 is 17.9. The van der Waals surface area contributed by atoms with Crippen molar-refractivity contribution in [2.45, 2.75) is 80.6 Å². The van der Waals surface area contributed by atoms with E-state index in [9.17, 15) is 40.2 Å². The minimum Gasteiger partial charge on any atom is -0.481 e. The quantitative estimate of drug-likeness (QED) is 0.199. The standard InChI is InChI=1S/C25H32O11/c1-10-7-23-9-24(10,35-20-17(30)16(29)15(28)11(8-26)34-20)5-3-12(23)25-6-4-13(27)22(2,21(33)36-25)18(25)14(23)19(31)32/h4,6,11-18,20,26-30H,1,3,5,7-9H2,2H3,(H,31,32)/t11-,12-,13+,14-,15-,16+,17-,18-,20+,22-,23+,24+,25-/m1/s1. The van der Waals surface area contributed by atoms with Gasteiger partial charge in [-0.3, -0.25) is 9.59 Å². The molecular formula is C25H32O11. The molecular weight excluding hydrogens is 476 g/mol. The largest absolute Gasteiger partial charge is 0.481 e. The van der Waals surface area contributed by atoms with E-state index >= 15 is 0 Å². The first-order chi connectivity index (χ1) is 16.9. The third kappa shape index (κ3) is 2.62. The average molecular weight is 509 g/mol. The number of carboxylic acid groups (broad SMARTS) is 1. The Morgan fingerprint density at radius 1 is 1.22 bits per heavy atom. The van der Waals surface area contributed by atoms with Gasteiger partial charge in [0.15, 0.2) is 6.29 Å². The summed E-state index contributed by atoms with van der Waals surface area (Å²) in [5.74, 6) is -3.85. The maximum absolute atomic E-state index is 13.0. The molecule has 2 saturated heterocycles. The molecule has 0 aromatic heterocycles. The van der Waals surface area contributed by atoms with Crippen LogP contribution in [0, 0.1) is 28.6 Å². The van der Waals surface area contributed by atoms with E-state index in [0.717, 1.165) is 0 Å². The van der Waals surface area contributed by atoms with Crippen LogP contribution in [0.3, 0.4) is 0 Å². The predicted octanol–water partition coefficient (Wildman–Crippen LogP) is -1.15. The fourth-order valence-corrected chi connectivity index (χ4v) is 8.68. The second kappa shape index (κ2) is 7.37. The highest BCUT2D eigenvalue weighted by molar-refractivity contribution is 5.86. The topological polar surface area (TPSA) is 183 Å². The van der Waals surface area contributed by atoms with Crippen molar-refractivity contribution >= 4 is 11.9 Å². The van der Waals surface area contributed by atoms with Gasteiger partial charge in [-0.1, -0.05) is 12.7 Å². The van der Waals surface area contributed by atoms with E-state index in [1.54, 1.807) is 13.0 Å². The van der Waals surface area contributed by atoms with E-state index < -0.39 is 89.2 Å². The smallest absolute Gasteiger partial charge is 0.316 e. The number of carbonyl (C=O) groups excluding carboxylic acids is 1. The van der Waals surface area contributed by atoms with Crippen molar-refractivity contribution < 1.29 is 54.4 Å². The van der Waals surface area contributed by atoms with Gasteiger partial charge in [-0.25, -0.2) is 0 Å². The molecule has 6 aliphatic rings. The van der Waals surface area contributed by atoms with Gasteiger partial charge in [0.05, 0.1) is 24.2 Å². The third-order valence-corrected chi connectivity index (χ3v) is 10.3. The lowest BCUT2D eigenvalue weighted by Crippen LogP contribution is -2.61. The number of aliphatic hydroxyl groups is 5. The molecule has 11 heteroatoms. The molecule has 36 heavy (non-hydrogen) atoms. The zero-order chi connectivity index (χ0) is 26.0. The molecule has 0 aromatic carbocycles. The Kier molecular flexibility index (Phi) is 5.01. The molecule has 5 fully saturated rings. The van der Waals surface area contributed by atoms with Crippen LogP contribution in [0.15, 0.2) is 24.3 Å². The zero-order valence-electron chi connectivity index (χ0n) is 19.8. The van der Waals surface area contributed by atoms with E-state index in [1.807, 2.05) is 0 Å². The van der Waals surface area contributed by atoms with Crippen LogP contribution < -0.4 is 0 Å². The predicted molar refractivity (Wildman–Crippen MR) is 118 cm³/mol. The van der Waals surface area contributed by atoms with Crippen molar-refractivity contribution in [2.75, 3.05) is 6.61 Å². The highest BCUT2D eigenvalue weighted by Crippen LogP contribution is 2.78. The van der Waals surface area contributed by atoms with Crippen molar-refractivity contribution in [3.8, 4) is 0 Å². The van der Waals surface area contributed by atoms with Crippen LogP contribution in [0.2, 0.25) is 0 Å². The van der Waals surface area contributed by atoms with Crippen molar-refractivity contribution in [2.24, 2.45) is 28.6 Å². The average Bonchev–Trinajstić information content (AvgIpc) is 3.27. The lowest BCUT2D eigenvalue weighted by atomic mass is 9.61. The Morgan fingerprint density at radius 2 is 1.94 bits per heavy atom. The minimum atomic E-state index is -1.61. The molecule has 2 aliphatic heterocycles. The Labute approximate surface area is 207 Å². The number of hydrogen-bond donors (Lipinski definition) is 6. The van der Waals surface area contributed by atoms with Gasteiger partial charge in [0.2, 0.25) is 0 Å². The third-order valence-electron chi connectivity index (χ3n) is 10.3. The molecule has 0 radical (unpaired) electrons. The lowest BCUT2D eigenvalue weighted by Gasteiger charge is -2.48. The monoisotopic (exact) mass is 508 g/mol. The van der Waals surface area contributed by atoms with Gasteiger partial charge < -0.3 is 44.8 Å². The van der Waals surface area contributed by atoms with Gasteiger partial charge >= 0.3 is 11.9 Å². The van der Waals surface area contributed by atoms with Gasteiger partial charge in [0.1, 0.15) is 35.4 Å². The first-order valence-corrected chi connectivity index (χ1v) is 12.4. The minimum absolute atomic E-state index is 0.214. The number of rotatable bonds is 4. The first kappa shape index (κ1) is 24.5. The van der Waals surface area contributed by atoms with Gasteiger partial charge in [-0.05, 0) is 49.7 Å². The molecule has 4 bridgehead atoms. The van der Waals surface area contributed by atoms with Gasteiger partial charge in [0.25, 0.3) is 0 Å². The van der Waals surface area contributed by atoms with Crippen molar-refractivity contribution in [3.63, 3.8) is 0 Å². The van der Waals surface area contributed by atoms with Gasteiger partial charge in [-0.2, -0.15) is 0 Å². The summed E-state index contributed by atoms with van der Waals surface area (Å²) in [6.45, 7) is 5.18. The summed E-state index contributed by atoms with van der Waals surface area (Å²) >= 11 is 0. The Hall–Kier alpha value is -1.86. The van der Waals surface area contributed by atoms with Crippen LogP contribution in [0.4, 0.5) is 0 Å². The summed E-state index contributed by atoms with van der Waals surface area (Å²) in [7, 11) is 0. The van der Waals surface area contributed by atoms with E-state index in [1.165, 1.54) is 6.08 Å². The highest BCUT2D eigenvalue weighted by atomic mass is 16.7. The number of hydrogen-bond acceptors (Lipinski definition) is 10. The summed E-state index contributed by atoms with van der Waals surface area (Å²) in [6, 6.07) is 0. The van der Waals surface area contributed by atoms with E-state index in [0.29, 0.717) is 18.4 Å². The number of ether oxygens (including phenoxy) is 3. The number of carboxylic acids is 1. The maximum atomic E-state index is 13.0. The molecule has 3 saturated carbocycles. The fourth-order valence-electron chi connectivity index (χ4n) is 8.68. The number of esters is 1. The molecule has 0 unspecified atom stereocenters. The molecule has 2 heterocycles. The second-order valence-electron chi connectivity index (χ2n) is 11.7. The number of aliphatic hydroxyl groups excluding tert-OH is 5. The summed E-state index contributed by atoms with van der Waals surface area (Å²) in [5, 5.41) is 61.8. The van der Waals surface area contributed by atoms with Crippen molar-refractivity contribution in [3.05, 3.63) is 24.3 Å². The highest BCUT2D eigenvalue weighted by Gasteiger charge is 2.84. The van der Waals surface area contributed by atoms with E-state index in [-0.39, 0.29) is 18.8 Å². The number of fused-ring (bicyclic) bond motifs is 1. The van der Waals surface area contributed by atoms with Crippen LogP contribution in [0.5, 0.6) is 0 Å². The van der Waals surface area contributed by atoms with Crippen molar-refractivity contribution in [1.29, 1.82) is 0 Å². The number of carbonyl (C=O) groups is 2. The van der Waals surface area contributed by atoms with Gasteiger partial charge in [-0.15, -0.1) is 0 Å². The molecule has 11 nitrogen and oxygen atoms in total. The number of aliphatic carboxylic acids is 1. The zero-order valence-corrected chi connectivity index (χ0v) is 19.8. The van der Waals surface area contributed by atoms with Crippen LogP contribution in [-0.4, -0.2) is 97.2 Å². The van der Waals surface area contributed by atoms with E-state index in [2.05, 4.69) is 6.58 Å². The van der Waals surface area contributed by atoms with E-state index in [4.69, 9.17) is 14.2 Å². The van der Waals surface area contributed by atoms with Crippen LogP contribution in [0.1, 0.15) is 32.6 Å². The molecule has 4 aliphatic carbocycles. The molecule has 6 rings (SSSR count). The molecule has 1 spiro atoms. The van der Waals surface area contributed by atoms with Crippen molar-refractivity contribution in [1.82, 2.24) is 0 Å². The normalized spacial score (nSPS) is 56.9. The SMILES string of the molecule is C=C1C[C@]23C[C@@]1(O[C@@H]1O[C@H](CO)[C@@H](O)[C@H](O)[C@H]1O)CC[C@H]2[C@@]12C=C[C@H](O)[C@@](C)(C(=O)O1)[C@H]2[C@@H]3C(=O)O. The summed E-state index contributed by atoms with van der Waals surface area (Å²) in [5.41, 5.74) is -3.94. The fraction of sp³-hybridized carbons (Fsp3) is 0.760. The molecule has 0 aromatic rings. The maximum Gasteiger partial charge on any atom is 0.316 e. The second-order valence-corrected chi connectivity index (χ2v) is 11.7. The Balaban J connectivity index is 1.39. The first-order valence-electron chi connectivity index (χ1n) is 12.4. The Bertz CT molecular complexity index is 1060. The van der Waals surface area contributed by atoms with Crippen LogP contribution in [0.25, 0.3) is 0 Å². The van der Waals surface area contributed by atoms with Crippen LogP contribution >= 0.6 is 0 Å².